The van der Waals surface area contributed by atoms with Gasteiger partial charge in [0.1, 0.15) is 0 Å². The average Bonchev–Trinajstić information content (AvgIpc) is 3.29. The third-order valence-electron chi connectivity index (χ3n) is 4.94. The summed E-state index contributed by atoms with van der Waals surface area (Å²) in [5.74, 6) is 2.69. The van der Waals surface area contributed by atoms with Gasteiger partial charge in [-0.1, -0.05) is 12.2 Å². The summed E-state index contributed by atoms with van der Waals surface area (Å²) in [7, 11) is 0. The van der Waals surface area contributed by atoms with Gasteiger partial charge < -0.3 is 5.32 Å². The van der Waals surface area contributed by atoms with E-state index in [0.29, 0.717) is 23.2 Å². The van der Waals surface area contributed by atoms with Crippen molar-refractivity contribution in [3.63, 3.8) is 0 Å². The number of allylic oxidation sites excluding steroid dienone is 2. The first-order valence-corrected chi connectivity index (χ1v) is 8.02. The van der Waals surface area contributed by atoms with Gasteiger partial charge in [-0.2, -0.15) is 4.68 Å². The standard InChI is InChI=1S/C17H19N5O/c1-11-19-20-21-22(11)16-6-4-13(5-7-16)17(23)18-10-15-9-12-2-3-14(15)8-12/h2-7,12,14-15H,8-10H2,1H3,(H,18,23)/t12-,14+,15-/m1/s1. The second-order valence-corrected chi connectivity index (χ2v) is 6.44. The lowest BCUT2D eigenvalue weighted by atomic mass is 9.93. The molecule has 1 aromatic heterocycles. The smallest absolute Gasteiger partial charge is 0.251 e. The van der Waals surface area contributed by atoms with Crippen LogP contribution in [0.15, 0.2) is 36.4 Å². The van der Waals surface area contributed by atoms with E-state index in [1.54, 1.807) is 4.68 Å². The fourth-order valence-corrected chi connectivity index (χ4v) is 3.68. The Morgan fingerprint density at radius 3 is 2.70 bits per heavy atom. The summed E-state index contributed by atoms with van der Waals surface area (Å²) in [6.07, 6.45) is 7.11. The van der Waals surface area contributed by atoms with Crippen molar-refractivity contribution in [1.82, 2.24) is 25.5 Å². The lowest BCUT2D eigenvalue weighted by molar-refractivity contribution is 0.0945. The third-order valence-corrected chi connectivity index (χ3v) is 4.94. The van der Waals surface area contributed by atoms with Crippen molar-refractivity contribution >= 4 is 5.91 Å². The van der Waals surface area contributed by atoms with Gasteiger partial charge in [0, 0.05) is 12.1 Å². The van der Waals surface area contributed by atoms with Gasteiger partial charge in [0.25, 0.3) is 5.91 Å². The Morgan fingerprint density at radius 1 is 1.26 bits per heavy atom. The molecule has 0 unspecified atom stereocenters. The molecule has 118 valence electrons. The minimum absolute atomic E-state index is 0.0169. The molecule has 0 saturated heterocycles. The van der Waals surface area contributed by atoms with Crippen LogP contribution in [0, 0.1) is 24.7 Å². The summed E-state index contributed by atoms with van der Waals surface area (Å²) >= 11 is 0. The summed E-state index contributed by atoms with van der Waals surface area (Å²) in [6, 6.07) is 7.34. The van der Waals surface area contributed by atoms with Crippen molar-refractivity contribution in [1.29, 1.82) is 0 Å². The molecule has 1 fully saturated rings. The molecule has 2 bridgehead atoms. The molecule has 2 aliphatic rings. The van der Waals surface area contributed by atoms with Gasteiger partial charge in [-0.25, -0.2) is 0 Å². The molecule has 23 heavy (non-hydrogen) atoms. The van der Waals surface area contributed by atoms with Crippen LogP contribution < -0.4 is 5.32 Å². The maximum atomic E-state index is 12.3. The van der Waals surface area contributed by atoms with Gasteiger partial charge in [-0.3, -0.25) is 4.79 Å². The van der Waals surface area contributed by atoms with E-state index in [4.69, 9.17) is 0 Å². The summed E-state index contributed by atoms with van der Waals surface area (Å²) in [5, 5.41) is 14.5. The molecular formula is C17H19N5O. The Morgan fingerprint density at radius 2 is 2.09 bits per heavy atom. The first-order chi connectivity index (χ1) is 11.2. The highest BCUT2D eigenvalue weighted by Gasteiger charge is 2.35. The Labute approximate surface area is 134 Å². The van der Waals surface area contributed by atoms with E-state index in [2.05, 4.69) is 33.0 Å². The van der Waals surface area contributed by atoms with Crippen molar-refractivity contribution in [3.05, 3.63) is 47.8 Å². The van der Waals surface area contributed by atoms with Crippen LogP contribution in [0.2, 0.25) is 0 Å². The average molecular weight is 309 g/mol. The van der Waals surface area contributed by atoms with Crippen molar-refractivity contribution in [2.75, 3.05) is 6.54 Å². The van der Waals surface area contributed by atoms with E-state index in [9.17, 15) is 4.79 Å². The number of benzene rings is 1. The zero-order valence-electron chi connectivity index (χ0n) is 13.0. The molecule has 6 heteroatoms. The zero-order chi connectivity index (χ0) is 15.8. The second-order valence-electron chi connectivity index (χ2n) is 6.44. The topological polar surface area (TPSA) is 72.7 Å². The number of rotatable bonds is 4. The van der Waals surface area contributed by atoms with Crippen LogP contribution in [0.4, 0.5) is 0 Å². The van der Waals surface area contributed by atoms with E-state index in [1.165, 1.54) is 12.8 Å². The summed E-state index contributed by atoms with van der Waals surface area (Å²) in [5.41, 5.74) is 1.51. The molecule has 4 rings (SSSR count). The maximum absolute atomic E-state index is 12.3. The number of nitrogens with one attached hydrogen (secondary N) is 1. The molecule has 0 radical (unpaired) electrons. The molecule has 3 atom stereocenters. The number of fused-ring (bicyclic) bond motifs is 2. The van der Waals surface area contributed by atoms with Gasteiger partial charge in [-0.05, 0) is 72.2 Å². The van der Waals surface area contributed by atoms with Crippen LogP contribution in [0.5, 0.6) is 0 Å². The highest BCUT2D eigenvalue weighted by Crippen LogP contribution is 2.42. The minimum atomic E-state index is -0.0169. The molecule has 2 aromatic rings. The van der Waals surface area contributed by atoms with E-state index in [0.717, 1.165) is 18.2 Å². The number of tetrazole rings is 1. The van der Waals surface area contributed by atoms with Crippen LogP contribution in [-0.2, 0) is 0 Å². The quantitative estimate of drug-likeness (QED) is 0.876. The van der Waals surface area contributed by atoms with Crippen molar-refractivity contribution in [2.45, 2.75) is 19.8 Å². The van der Waals surface area contributed by atoms with Gasteiger partial charge >= 0.3 is 0 Å². The molecule has 0 aliphatic heterocycles. The molecule has 0 spiro atoms. The van der Waals surface area contributed by atoms with Crippen LogP contribution >= 0.6 is 0 Å². The molecule has 1 amide bonds. The van der Waals surface area contributed by atoms with E-state index >= 15 is 0 Å². The largest absolute Gasteiger partial charge is 0.352 e. The number of aryl methyl sites for hydroxylation is 1. The molecule has 1 N–H and O–H groups in total. The van der Waals surface area contributed by atoms with Crippen molar-refractivity contribution < 1.29 is 4.79 Å². The lowest BCUT2D eigenvalue weighted by Crippen LogP contribution is -2.30. The van der Waals surface area contributed by atoms with Gasteiger partial charge in [0.05, 0.1) is 5.69 Å². The van der Waals surface area contributed by atoms with E-state index in [1.807, 2.05) is 31.2 Å². The van der Waals surface area contributed by atoms with Gasteiger partial charge in [0.15, 0.2) is 5.82 Å². The van der Waals surface area contributed by atoms with Crippen molar-refractivity contribution in [2.24, 2.45) is 17.8 Å². The SMILES string of the molecule is Cc1nnnn1-c1ccc(C(=O)NC[C@H]2C[C@@H]3C=C[C@H]2C3)cc1. The van der Waals surface area contributed by atoms with Crippen LogP contribution in [0.25, 0.3) is 5.69 Å². The molecule has 2 aliphatic carbocycles. The fraction of sp³-hybridized carbons (Fsp3) is 0.412. The first kappa shape index (κ1) is 14.1. The van der Waals surface area contributed by atoms with Crippen molar-refractivity contribution in [3.8, 4) is 5.69 Å². The summed E-state index contributed by atoms with van der Waals surface area (Å²) < 4.78 is 1.64. The molecular weight excluding hydrogens is 290 g/mol. The molecule has 6 nitrogen and oxygen atoms in total. The highest BCUT2D eigenvalue weighted by atomic mass is 16.1. The zero-order valence-corrected chi connectivity index (χ0v) is 13.0. The Bertz CT molecular complexity index is 749. The molecule has 1 aromatic carbocycles. The maximum Gasteiger partial charge on any atom is 0.251 e. The molecule has 1 saturated carbocycles. The van der Waals surface area contributed by atoms with E-state index in [-0.39, 0.29) is 5.91 Å². The number of carbonyl (C=O) groups excluding carboxylic acids is 1. The Hall–Kier alpha value is -2.50. The number of aromatic nitrogens is 4. The Balaban J connectivity index is 1.39. The summed E-state index contributed by atoms with van der Waals surface area (Å²) in [4.78, 5) is 12.3. The number of hydrogen-bond acceptors (Lipinski definition) is 4. The number of nitrogens with zero attached hydrogens (tertiary/aromatic N) is 4. The van der Waals surface area contributed by atoms with Crippen LogP contribution in [0.3, 0.4) is 0 Å². The number of amides is 1. The van der Waals surface area contributed by atoms with E-state index < -0.39 is 0 Å². The Kier molecular flexibility index (Phi) is 3.44. The number of carbonyl (C=O) groups is 1. The van der Waals surface area contributed by atoms with Gasteiger partial charge in [0.2, 0.25) is 0 Å². The number of hydrogen-bond donors (Lipinski definition) is 1. The minimum Gasteiger partial charge on any atom is -0.352 e. The first-order valence-electron chi connectivity index (χ1n) is 8.02. The molecule has 1 heterocycles. The van der Waals surface area contributed by atoms with Gasteiger partial charge in [-0.15, -0.1) is 5.10 Å². The third kappa shape index (κ3) is 2.65. The second kappa shape index (κ2) is 5.61. The normalized spacial score (nSPS) is 25.0. The lowest BCUT2D eigenvalue weighted by Gasteiger charge is -2.18. The summed E-state index contributed by atoms with van der Waals surface area (Å²) in [6.45, 7) is 2.60. The highest BCUT2D eigenvalue weighted by molar-refractivity contribution is 5.94. The van der Waals surface area contributed by atoms with Crippen LogP contribution in [0.1, 0.15) is 29.0 Å². The predicted octanol–water partition coefficient (Wildman–Crippen LogP) is 1.91. The fourth-order valence-electron chi connectivity index (χ4n) is 3.68. The monoisotopic (exact) mass is 309 g/mol. The predicted molar refractivity (Wildman–Crippen MR) is 85.1 cm³/mol. The van der Waals surface area contributed by atoms with Crippen LogP contribution in [-0.4, -0.2) is 32.7 Å².